The minimum absolute atomic E-state index is 0.245. The smallest absolute Gasteiger partial charge is 0.253 e. The van der Waals surface area contributed by atoms with Gasteiger partial charge in [-0.3, -0.25) is 5.10 Å². The molecule has 4 rings (SSSR count). The first kappa shape index (κ1) is 13.1. The summed E-state index contributed by atoms with van der Waals surface area (Å²) < 4.78 is 14.7. The lowest BCUT2D eigenvalue weighted by Gasteiger charge is -2.02. The highest BCUT2D eigenvalue weighted by atomic mass is 35.5. The van der Waals surface area contributed by atoms with Crippen LogP contribution in [0.4, 0.5) is 10.3 Å². The maximum absolute atomic E-state index is 12.9. The molecule has 0 aliphatic carbocycles. The number of rotatable bonds is 3. The molecule has 22 heavy (non-hydrogen) atoms. The van der Waals surface area contributed by atoms with Crippen molar-refractivity contribution in [2.75, 3.05) is 5.32 Å². The van der Waals surface area contributed by atoms with Crippen molar-refractivity contribution >= 4 is 34.4 Å². The summed E-state index contributed by atoms with van der Waals surface area (Å²) in [4.78, 5) is 8.79. The molecule has 0 fully saturated rings. The van der Waals surface area contributed by atoms with Gasteiger partial charge in [0.05, 0.1) is 11.0 Å². The van der Waals surface area contributed by atoms with Crippen LogP contribution in [-0.2, 0) is 6.54 Å². The van der Waals surface area contributed by atoms with Gasteiger partial charge >= 0.3 is 0 Å². The molecule has 0 amide bonds. The number of aromatic nitrogens is 4. The summed E-state index contributed by atoms with van der Waals surface area (Å²) in [6.07, 6.45) is 0. The molecule has 0 radical (unpaired) electrons. The molecule has 2 aromatic heterocycles. The topological polar surface area (TPSA) is 58.0 Å². The number of anilines is 1. The molecule has 2 heterocycles. The van der Waals surface area contributed by atoms with Crippen LogP contribution in [0.3, 0.4) is 0 Å². The molecule has 7 heteroatoms. The maximum atomic E-state index is 12.9. The Labute approximate surface area is 129 Å². The molecule has 5 nitrogen and oxygen atoms in total. The van der Waals surface area contributed by atoms with Crippen molar-refractivity contribution in [1.29, 1.82) is 0 Å². The van der Waals surface area contributed by atoms with Gasteiger partial charge in [-0.15, -0.1) is 0 Å². The fraction of sp³-hybridized carbons (Fsp3) is 0.0667. The molecule has 2 N–H and O–H groups in total. The Morgan fingerprint density at radius 1 is 1.14 bits per heavy atom. The van der Waals surface area contributed by atoms with E-state index in [0.717, 1.165) is 16.6 Å². The van der Waals surface area contributed by atoms with Gasteiger partial charge in [0.1, 0.15) is 5.82 Å². The van der Waals surface area contributed by atoms with E-state index >= 15 is 0 Å². The van der Waals surface area contributed by atoms with Crippen LogP contribution in [0.25, 0.3) is 16.8 Å². The van der Waals surface area contributed by atoms with Gasteiger partial charge < -0.3 is 5.32 Å². The highest BCUT2D eigenvalue weighted by Gasteiger charge is 2.09. The maximum Gasteiger partial charge on any atom is 0.253 e. The van der Waals surface area contributed by atoms with E-state index in [1.165, 1.54) is 12.1 Å². The van der Waals surface area contributed by atoms with Crippen LogP contribution in [0.1, 0.15) is 5.56 Å². The first-order chi connectivity index (χ1) is 10.7. The summed E-state index contributed by atoms with van der Waals surface area (Å²) in [5, 5.41) is 6.93. The van der Waals surface area contributed by atoms with Gasteiger partial charge in [0, 0.05) is 11.6 Å². The molecule has 0 bridgehead atoms. The van der Waals surface area contributed by atoms with Crippen LogP contribution >= 0.6 is 11.6 Å². The van der Waals surface area contributed by atoms with Gasteiger partial charge in [-0.25, -0.2) is 13.9 Å². The molecule has 0 spiro atoms. The number of imidazole rings is 1. The summed E-state index contributed by atoms with van der Waals surface area (Å²) in [6, 6.07) is 11.8. The van der Waals surface area contributed by atoms with Crippen LogP contribution in [0.2, 0.25) is 5.02 Å². The van der Waals surface area contributed by atoms with Crippen LogP contribution < -0.4 is 5.32 Å². The predicted octanol–water partition coefficient (Wildman–Crippen LogP) is 3.62. The van der Waals surface area contributed by atoms with E-state index in [2.05, 4.69) is 20.4 Å². The van der Waals surface area contributed by atoms with E-state index in [1.807, 2.05) is 12.1 Å². The first-order valence-electron chi connectivity index (χ1n) is 6.71. The second kappa shape index (κ2) is 4.99. The molecule has 0 aliphatic rings. The highest BCUT2D eigenvalue weighted by Crippen LogP contribution is 2.20. The molecular weight excluding hydrogens is 305 g/mol. The van der Waals surface area contributed by atoms with Gasteiger partial charge in [-0.05, 0) is 35.9 Å². The Bertz CT molecular complexity index is 957. The van der Waals surface area contributed by atoms with Crippen molar-refractivity contribution in [2.24, 2.45) is 0 Å². The molecular formula is C15H11ClFN5. The van der Waals surface area contributed by atoms with E-state index < -0.39 is 0 Å². The number of hydrogen-bond acceptors (Lipinski definition) is 3. The van der Waals surface area contributed by atoms with E-state index in [1.54, 1.807) is 22.7 Å². The van der Waals surface area contributed by atoms with Gasteiger partial charge in [0.2, 0.25) is 5.95 Å². The minimum atomic E-state index is -0.245. The van der Waals surface area contributed by atoms with Crippen molar-refractivity contribution < 1.29 is 4.39 Å². The lowest BCUT2D eigenvalue weighted by Crippen LogP contribution is -2.01. The largest absolute Gasteiger partial charge is 0.351 e. The van der Waals surface area contributed by atoms with E-state index in [0.29, 0.717) is 23.3 Å². The summed E-state index contributed by atoms with van der Waals surface area (Å²) in [5.41, 5.74) is 2.66. The van der Waals surface area contributed by atoms with Gasteiger partial charge in [0.25, 0.3) is 5.78 Å². The Hall–Kier alpha value is -2.60. The van der Waals surface area contributed by atoms with Gasteiger partial charge in [-0.2, -0.15) is 4.98 Å². The van der Waals surface area contributed by atoms with Gasteiger partial charge in [0.15, 0.2) is 0 Å². The van der Waals surface area contributed by atoms with Crippen molar-refractivity contribution in [1.82, 2.24) is 19.6 Å². The molecule has 0 saturated carbocycles. The summed E-state index contributed by atoms with van der Waals surface area (Å²) >= 11 is 5.95. The van der Waals surface area contributed by atoms with Crippen molar-refractivity contribution in [3.8, 4) is 0 Å². The SMILES string of the molecule is Fc1ccc(CNc2nc3nc4cc(Cl)ccc4n3[nH]2)cc1. The van der Waals surface area contributed by atoms with Gasteiger partial charge in [-0.1, -0.05) is 23.7 Å². The van der Waals surface area contributed by atoms with Crippen LogP contribution in [0.5, 0.6) is 0 Å². The second-order valence-electron chi connectivity index (χ2n) is 4.93. The van der Waals surface area contributed by atoms with E-state index in [9.17, 15) is 4.39 Å². The Kier molecular flexibility index (Phi) is 2.97. The van der Waals surface area contributed by atoms with E-state index in [-0.39, 0.29) is 5.82 Å². The van der Waals surface area contributed by atoms with E-state index in [4.69, 9.17) is 11.6 Å². The highest BCUT2D eigenvalue weighted by molar-refractivity contribution is 6.31. The molecule has 2 aromatic carbocycles. The van der Waals surface area contributed by atoms with Crippen LogP contribution in [-0.4, -0.2) is 19.6 Å². The number of benzene rings is 2. The fourth-order valence-corrected chi connectivity index (χ4v) is 2.49. The normalized spacial score (nSPS) is 11.4. The molecule has 0 unspecified atom stereocenters. The average Bonchev–Trinajstić information content (AvgIpc) is 3.03. The number of hydrogen-bond donors (Lipinski definition) is 2. The lowest BCUT2D eigenvalue weighted by atomic mass is 10.2. The van der Waals surface area contributed by atoms with Crippen LogP contribution in [0.15, 0.2) is 42.5 Å². The third-order valence-corrected chi connectivity index (χ3v) is 3.64. The molecule has 110 valence electrons. The second-order valence-corrected chi connectivity index (χ2v) is 5.37. The van der Waals surface area contributed by atoms with Crippen LogP contribution in [0, 0.1) is 5.82 Å². The third kappa shape index (κ3) is 2.27. The number of nitrogens with zero attached hydrogens (tertiary/aromatic N) is 3. The Balaban J connectivity index is 1.61. The zero-order valence-electron chi connectivity index (χ0n) is 11.3. The summed E-state index contributed by atoms with van der Waals surface area (Å²) in [6.45, 7) is 0.542. The Morgan fingerprint density at radius 3 is 2.77 bits per heavy atom. The number of nitrogens with one attached hydrogen (secondary N) is 2. The number of H-pyrrole nitrogens is 1. The third-order valence-electron chi connectivity index (χ3n) is 3.40. The van der Waals surface area contributed by atoms with Crippen molar-refractivity contribution in [3.63, 3.8) is 0 Å². The lowest BCUT2D eigenvalue weighted by molar-refractivity contribution is 0.627. The Morgan fingerprint density at radius 2 is 1.95 bits per heavy atom. The van der Waals surface area contributed by atoms with Crippen molar-refractivity contribution in [2.45, 2.75) is 6.54 Å². The zero-order chi connectivity index (χ0) is 15.1. The number of aromatic amines is 1. The number of halogens is 2. The van der Waals surface area contributed by atoms with Crippen molar-refractivity contribution in [3.05, 3.63) is 58.9 Å². The predicted molar refractivity (Wildman–Crippen MR) is 83.6 cm³/mol. The monoisotopic (exact) mass is 315 g/mol. The standard InChI is InChI=1S/C15H11ClFN5/c16-10-3-6-13-12(7-10)19-15-20-14(21-22(13)15)18-8-9-1-4-11(17)5-2-9/h1-7H,8H2,(H2,18,19,20,21). The summed E-state index contributed by atoms with van der Waals surface area (Å²) in [5.74, 6) is 0.924. The number of fused-ring (bicyclic) bond motifs is 3. The fourth-order valence-electron chi connectivity index (χ4n) is 2.32. The summed E-state index contributed by atoms with van der Waals surface area (Å²) in [7, 11) is 0. The molecule has 0 atom stereocenters. The zero-order valence-corrected chi connectivity index (χ0v) is 12.1. The average molecular weight is 316 g/mol. The molecule has 4 aromatic rings. The molecule has 0 saturated heterocycles. The minimum Gasteiger partial charge on any atom is -0.351 e. The first-order valence-corrected chi connectivity index (χ1v) is 7.09. The quantitative estimate of drug-likeness (QED) is 0.607. The molecule has 0 aliphatic heterocycles.